The molecule has 1 aliphatic heterocycles. The van der Waals surface area contributed by atoms with Crippen LogP contribution in [0.5, 0.6) is 0 Å². The Balaban J connectivity index is 1.76. The summed E-state index contributed by atoms with van der Waals surface area (Å²) in [6, 6.07) is -1.55. The van der Waals surface area contributed by atoms with Gasteiger partial charge in [0, 0.05) is 25.0 Å². The minimum atomic E-state index is -2.48. The fourth-order valence-corrected chi connectivity index (χ4v) is 4.59. The zero-order valence-electron chi connectivity index (χ0n) is 16.1. The molecule has 0 amide bonds. The lowest BCUT2D eigenvalue weighted by atomic mass is 9.97. The average molecular weight is 414 g/mol. The van der Waals surface area contributed by atoms with Crippen LogP contribution in [0.25, 0.3) is 11.8 Å². The minimum absolute atomic E-state index is 0.0470. The number of fused-ring (bicyclic) bond motifs is 1. The highest BCUT2D eigenvalue weighted by atomic mass is 19.3. The maximum absolute atomic E-state index is 15.2. The number of alkyl halides is 3. The lowest BCUT2D eigenvalue weighted by Crippen LogP contribution is -2.60. The molecule has 2 fully saturated rings. The molecule has 29 heavy (non-hydrogen) atoms. The third-order valence-corrected chi connectivity index (χ3v) is 6.15. The summed E-state index contributed by atoms with van der Waals surface area (Å²) in [5.41, 5.74) is 4.75. The summed E-state index contributed by atoms with van der Waals surface area (Å²) >= 11 is 0. The highest BCUT2D eigenvalue weighted by Gasteiger charge is 2.41. The Morgan fingerprint density at radius 1 is 1.31 bits per heavy atom. The topological polar surface area (TPSA) is 93.3 Å². The van der Waals surface area contributed by atoms with Gasteiger partial charge < -0.3 is 10.5 Å². The highest BCUT2D eigenvalue weighted by Crippen LogP contribution is 2.33. The SMILES string of the molecule is COC1=c2c(c(=O)[nH]c(=O)n2C2CC2)=CC(F)C1N1CCC(C(N)CC(F)F)C1. The fraction of sp³-hybridized carbons (Fsp3) is 0.684. The van der Waals surface area contributed by atoms with Gasteiger partial charge in [0.2, 0.25) is 6.43 Å². The molecular formula is C19H25F3N4O3. The molecule has 0 aromatic carbocycles. The lowest BCUT2D eigenvalue weighted by Gasteiger charge is -2.33. The van der Waals surface area contributed by atoms with Crippen LogP contribution in [0.1, 0.15) is 31.7 Å². The number of ether oxygens (including phenoxy) is 1. The van der Waals surface area contributed by atoms with Crippen LogP contribution in [0.4, 0.5) is 13.2 Å². The van der Waals surface area contributed by atoms with E-state index in [4.69, 9.17) is 10.5 Å². The molecule has 0 radical (unpaired) electrons. The van der Waals surface area contributed by atoms with Crippen LogP contribution < -0.4 is 27.6 Å². The Bertz CT molecular complexity index is 1020. The normalized spacial score (nSPS) is 28.3. The van der Waals surface area contributed by atoms with Crippen LogP contribution in [-0.4, -0.2) is 59.3 Å². The number of hydrogen-bond donors (Lipinski definition) is 2. The van der Waals surface area contributed by atoms with Crippen molar-refractivity contribution < 1.29 is 17.9 Å². The van der Waals surface area contributed by atoms with Crippen molar-refractivity contribution in [3.63, 3.8) is 0 Å². The van der Waals surface area contributed by atoms with Gasteiger partial charge in [-0.1, -0.05) is 0 Å². The summed E-state index contributed by atoms with van der Waals surface area (Å²) in [6.45, 7) is 0.825. The van der Waals surface area contributed by atoms with E-state index in [0.29, 0.717) is 24.9 Å². The predicted molar refractivity (Wildman–Crippen MR) is 101 cm³/mol. The second kappa shape index (κ2) is 7.64. The lowest BCUT2D eigenvalue weighted by molar-refractivity contribution is 0.115. The van der Waals surface area contributed by atoms with Crippen molar-refractivity contribution in [3.8, 4) is 0 Å². The van der Waals surface area contributed by atoms with E-state index in [2.05, 4.69) is 4.98 Å². The molecule has 0 spiro atoms. The number of methoxy groups -OCH3 is 1. The molecule has 1 aromatic heterocycles. The highest BCUT2D eigenvalue weighted by molar-refractivity contribution is 5.53. The molecule has 10 heteroatoms. The van der Waals surface area contributed by atoms with Gasteiger partial charge in [-0.2, -0.15) is 0 Å². The largest absolute Gasteiger partial charge is 0.497 e. The number of aromatic nitrogens is 2. The maximum atomic E-state index is 15.2. The van der Waals surface area contributed by atoms with Crippen molar-refractivity contribution in [3.05, 3.63) is 31.4 Å². The van der Waals surface area contributed by atoms with E-state index < -0.39 is 42.4 Å². The smallest absolute Gasteiger partial charge is 0.329 e. The monoisotopic (exact) mass is 414 g/mol. The Morgan fingerprint density at radius 2 is 2.03 bits per heavy atom. The van der Waals surface area contributed by atoms with Crippen LogP contribution in [0.2, 0.25) is 0 Å². The second-order valence-corrected chi connectivity index (χ2v) is 8.08. The molecule has 7 nitrogen and oxygen atoms in total. The summed E-state index contributed by atoms with van der Waals surface area (Å²) in [5, 5.41) is 0.422. The average Bonchev–Trinajstić information content (AvgIpc) is 3.36. The molecule has 0 bridgehead atoms. The van der Waals surface area contributed by atoms with Gasteiger partial charge in [-0.15, -0.1) is 0 Å². The molecule has 2 aliphatic carbocycles. The standard InChI is InChI=1S/C19H25F3N4O3/c1-29-17-15-11(18(27)24-19(28)26(15)10-2-3-10)6-12(20)16(17)25-5-4-9(8-25)13(23)7-14(21)22/h6,9-10,12-14,16H,2-5,7-8,23H2,1H3,(H,24,27,28). The van der Waals surface area contributed by atoms with Gasteiger partial charge in [0.05, 0.1) is 17.7 Å². The van der Waals surface area contributed by atoms with Crippen LogP contribution in [0.15, 0.2) is 9.59 Å². The first-order chi connectivity index (χ1) is 13.8. The van der Waals surface area contributed by atoms with Crippen molar-refractivity contribution >= 4 is 11.8 Å². The molecule has 4 atom stereocenters. The van der Waals surface area contributed by atoms with Gasteiger partial charge in [-0.3, -0.25) is 19.2 Å². The van der Waals surface area contributed by atoms with Crippen molar-refractivity contribution in [1.29, 1.82) is 0 Å². The van der Waals surface area contributed by atoms with Crippen molar-refractivity contribution in [2.75, 3.05) is 20.2 Å². The van der Waals surface area contributed by atoms with Crippen LogP contribution in [-0.2, 0) is 4.74 Å². The number of nitrogens with two attached hydrogens (primary N) is 1. The first kappa shape index (κ1) is 20.2. The van der Waals surface area contributed by atoms with Crippen LogP contribution in [0, 0.1) is 5.92 Å². The van der Waals surface area contributed by atoms with E-state index in [0.717, 1.165) is 12.8 Å². The molecular weight excluding hydrogens is 389 g/mol. The molecule has 1 saturated heterocycles. The molecule has 1 aromatic rings. The number of likely N-dealkylation sites (tertiary alicyclic amines) is 1. The summed E-state index contributed by atoms with van der Waals surface area (Å²) in [7, 11) is 1.39. The van der Waals surface area contributed by atoms with E-state index in [-0.39, 0.29) is 22.9 Å². The summed E-state index contributed by atoms with van der Waals surface area (Å²) in [4.78, 5) is 28.8. The van der Waals surface area contributed by atoms with Gasteiger partial charge in [-0.05, 0) is 37.8 Å². The van der Waals surface area contributed by atoms with Crippen LogP contribution >= 0.6 is 0 Å². The summed E-state index contributed by atoms with van der Waals surface area (Å²) in [5.74, 6) is 0.0497. The summed E-state index contributed by atoms with van der Waals surface area (Å²) in [6.07, 6.45) is -1.01. The van der Waals surface area contributed by atoms with Gasteiger partial charge >= 0.3 is 5.69 Å². The third kappa shape index (κ3) is 3.63. The van der Waals surface area contributed by atoms with Crippen molar-refractivity contribution in [2.45, 2.75) is 56.4 Å². The van der Waals surface area contributed by atoms with Crippen molar-refractivity contribution in [2.24, 2.45) is 11.7 Å². The molecule has 2 heterocycles. The molecule has 160 valence electrons. The van der Waals surface area contributed by atoms with Crippen molar-refractivity contribution in [1.82, 2.24) is 14.5 Å². The zero-order valence-corrected chi connectivity index (χ0v) is 16.1. The number of hydrogen-bond acceptors (Lipinski definition) is 5. The summed E-state index contributed by atoms with van der Waals surface area (Å²) < 4.78 is 47.6. The van der Waals surface area contributed by atoms with E-state index in [9.17, 15) is 18.4 Å². The number of H-pyrrole nitrogens is 1. The first-order valence-electron chi connectivity index (χ1n) is 9.88. The van der Waals surface area contributed by atoms with Gasteiger partial charge in [-0.25, -0.2) is 18.0 Å². The second-order valence-electron chi connectivity index (χ2n) is 8.08. The van der Waals surface area contributed by atoms with Gasteiger partial charge in [0.15, 0.2) is 0 Å². The number of rotatable bonds is 6. The molecule has 4 rings (SSSR count). The van der Waals surface area contributed by atoms with E-state index in [1.54, 1.807) is 0 Å². The Labute approximate surface area is 164 Å². The predicted octanol–water partition coefficient (Wildman–Crippen LogP) is -0.569. The fourth-order valence-electron chi connectivity index (χ4n) is 4.59. The zero-order chi connectivity index (χ0) is 20.9. The third-order valence-electron chi connectivity index (χ3n) is 6.15. The Morgan fingerprint density at radius 3 is 2.66 bits per heavy atom. The maximum Gasteiger partial charge on any atom is 0.329 e. The first-order valence-corrected chi connectivity index (χ1v) is 9.88. The minimum Gasteiger partial charge on any atom is -0.497 e. The molecule has 3 aliphatic rings. The number of aromatic amines is 1. The molecule has 3 N–H and O–H groups in total. The molecule has 4 unspecified atom stereocenters. The Kier molecular flexibility index (Phi) is 5.32. The quantitative estimate of drug-likeness (QED) is 0.651. The van der Waals surface area contributed by atoms with Gasteiger partial charge in [0.25, 0.3) is 5.56 Å². The number of halogens is 3. The van der Waals surface area contributed by atoms with E-state index >= 15 is 4.39 Å². The van der Waals surface area contributed by atoms with E-state index in [1.807, 2.05) is 4.90 Å². The molecule has 1 saturated carbocycles. The van der Waals surface area contributed by atoms with E-state index in [1.165, 1.54) is 17.8 Å². The Hall–Kier alpha value is -2.07. The van der Waals surface area contributed by atoms with Gasteiger partial charge in [0.1, 0.15) is 18.0 Å². The number of nitrogens with zero attached hydrogens (tertiary/aromatic N) is 2. The number of nitrogens with one attached hydrogen (secondary N) is 1. The van der Waals surface area contributed by atoms with Crippen LogP contribution in [0.3, 0.4) is 0 Å².